The summed E-state index contributed by atoms with van der Waals surface area (Å²) in [7, 11) is 4.33. The van der Waals surface area contributed by atoms with Gasteiger partial charge in [0, 0.05) is 18.4 Å². The third kappa shape index (κ3) is 5.49. The second-order valence-electron chi connectivity index (χ2n) is 8.53. The van der Waals surface area contributed by atoms with Gasteiger partial charge in [0.25, 0.3) is 11.8 Å². The number of methoxy groups -OCH3 is 3. The molecule has 1 aromatic carbocycles. The molecule has 3 heterocycles. The van der Waals surface area contributed by atoms with Crippen LogP contribution in [-0.2, 0) is 11.3 Å². The average molecular weight is 593 g/mol. The highest BCUT2D eigenvalue weighted by Crippen LogP contribution is 2.47. The van der Waals surface area contributed by atoms with E-state index in [1.165, 1.54) is 44.6 Å². The lowest BCUT2D eigenvalue weighted by Gasteiger charge is -2.20. The van der Waals surface area contributed by atoms with Crippen LogP contribution in [0, 0.1) is 0 Å². The minimum Gasteiger partial charge on any atom is -0.493 e. The molecule has 4 rings (SSSR count). The number of halogens is 2. The number of aliphatic hydroxyl groups is 2. The van der Waals surface area contributed by atoms with Crippen LogP contribution in [0.15, 0.2) is 18.3 Å². The van der Waals surface area contributed by atoms with Crippen LogP contribution in [0.3, 0.4) is 0 Å². The van der Waals surface area contributed by atoms with Crippen molar-refractivity contribution in [2.45, 2.75) is 12.6 Å². The molecular weight excluding hydrogens is 567 g/mol. The minimum atomic E-state index is -1.09. The van der Waals surface area contributed by atoms with Gasteiger partial charge in [-0.2, -0.15) is 4.98 Å². The number of carbonyl (C=O) groups excluding carboxylic acids is 2. The van der Waals surface area contributed by atoms with Crippen LogP contribution < -0.4 is 30.2 Å². The summed E-state index contributed by atoms with van der Waals surface area (Å²) < 4.78 is 16.2. The number of benzene rings is 1. The molecule has 2 amide bonds. The third-order valence-corrected chi connectivity index (χ3v) is 6.70. The number of nitrogens with one attached hydrogen (secondary N) is 2. The fourth-order valence-electron chi connectivity index (χ4n) is 4.11. The van der Waals surface area contributed by atoms with Crippen molar-refractivity contribution < 1.29 is 34.0 Å². The molecule has 0 radical (unpaired) electrons. The van der Waals surface area contributed by atoms with E-state index in [0.29, 0.717) is 22.8 Å². The third-order valence-electron chi connectivity index (χ3n) is 6.01. The van der Waals surface area contributed by atoms with Crippen LogP contribution in [0.25, 0.3) is 11.6 Å². The minimum absolute atomic E-state index is 0.0388. The van der Waals surface area contributed by atoms with E-state index in [4.69, 9.17) is 48.3 Å². The summed E-state index contributed by atoms with van der Waals surface area (Å²) in [6.07, 6.45) is 1.85. The summed E-state index contributed by atoms with van der Waals surface area (Å²) in [4.78, 5) is 38.7. The van der Waals surface area contributed by atoms with Crippen LogP contribution in [0.4, 0.5) is 11.8 Å². The maximum Gasteiger partial charge on any atom is 0.260 e. The normalized spacial score (nSPS) is 14.3. The van der Waals surface area contributed by atoms with Gasteiger partial charge in [0.05, 0.1) is 62.3 Å². The largest absolute Gasteiger partial charge is 0.493 e. The lowest BCUT2D eigenvalue weighted by molar-refractivity contribution is -0.113. The molecule has 1 aliphatic heterocycles. The van der Waals surface area contributed by atoms with Gasteiger partial charge in [-0.1, -0.05) is 23.2 Å². The van der Waals surface area contributed by atoms with Crippen molar-refractivity contribution in [3.63, 3.8) is 0 Å². The van der Waals surface area contributed by atoms with Crippen molar-refractivity contribution in [1.29, 1.82) is 0 Å². The number of rotatable bonds is 10. The summed E-state index contributed by atoms with van der Waals surface area (Å²) in [6.45, 7) is -0.676. The van der Waals surface area contributed by atoms with Gasteiger partial charge in [-0.25, -0.2) is 4.98 Å². The van der Waals surface area contributed by atoms with Crippen molar-refractivity contribution in [3.05, 3.63) is 50.9 Å². The molecule has 1 aliphatic rings. The first-order valence-electron chi connectivity index (χ1n) is 11.7. The number of fused-ring (bicyclic) bond motifs is 1. The Balaban J connectivity index is 1.72. The van der Waals surface area contributed by atoms with E-state index in [2.05, 4.69) is 20.3 Å². The van der Waals surface area contributed by atoms with Crippen LogP contribution in [-0.4, -0.2) is 77.6 Å². The Hall–Kier alpha value is -4.04. The van der Waals surface area contributed by atoms with Crippen molar-refractivity contribution in [3.8, 4) is 17.2 Å². The van der Waals surface area contributed by atoms with Gasteiger partial charge in [-0.15, -0.1) is 0 Å². The summed E-state index contributed by atoms with van der Waals surface area (Å²) in [5.41, 5.74) is 7.36. The summed E-state index contributed by atoms with van der Waals surface area (Å²) in [5.74, 6) is -0.0774. The number of hydrogen-bond acceptors (Lipinski definition) is 10. The molecule has 0 aliphatic carbocycles. The van der Waals surface area contributed by atoms with E-state index in [0.717, 1.165) is 0 Å². The van der Waals surface area contributed by atoms with Crippen molar-refractivity contribution in [2.24, 2.45) is 0 Å². The van der Waals surface area contributed by atoms with Gasteiger partial charge in [0.15, 0.2) is 17.3 Å². The van der Waals surface area contributed by atoms with Gasteiger partial charge in [-0.05, 0) is 23.8 Å². The Morgan fingerprint density at radius 1 is 1.20 bits per heavy atom. The van der Waals surface area contributed by atoms with Gasteiger partial charge < -0.3 is 40.5 Å². The SMILES string of the molecule is COc1cc(CN2C(=O)C(=Cc3cc(C(=O)NC[C@H](O)CO)c[nH]3)c3c(Cl)nc(N)nc32)c(Cl)c(OC)c1OC. The second kappa shape index (κ2) is 12.0. The van der Waals surface area contributed by atoms with E-state index < -0.39 is 24.5 Å². The summed E-state index contributed by atoms with van der Waals surface area (Å²) >= 11 is 13.0. The lowest BCUT2D eigenvalue weighted by atomic mass is 10.1. The number of nitrogens with two attached hydrogens (primary N) is 1. The fraction of sp³-hybridized carbons (Fsp3) is 0.280. The molecule has 0 unspecified atom stereocenters. The molecule has 40 heavy (non-hydrogen) atoms. The highest BCUT2D eigenvalue weighted by atomic mass is 35.5. The monoisotopic (exact) mass is 592 g/mol. The van der Waals surface area contributed by atoms with Gasteiger partial charge in [0.2, 0.25) is 11.7 Å². The number of amides is 2. The lowest BCUT2D eigenvalue weighted by Crippen LogP contribution is -2.33. The smallest absolute Gasteiger partial charge is 0.260 e. The fourth-order valence-corrected chi connectivity index (χ4v) is 4.66. The zero-order valence-corrected chi connectivity index (χ0v) is 23.1. The van der Waals surface area contributed by atoms with Crippen molar-refractivity contribution in [2.75, 3.05) is 45.1 Å². The van der Waals surface area contributed by atoms with E-state index in [1.807, 2.05) is 0 Å². The Kier molecular flexibility index (Phi) is 8.69. The number of nitrogens with zero attached hydrogens (tertiary/aromatic N) is 3. The van der Waals surface area contributed by atoms with Gasteiger partial charge in [-0.3, -0.25) is 14.5 Å². The molecule has 13 nitrogen and oxygen atoms in total. The zero-order chi connectivity index (χ0) is 29.1. The number of ether oxygens (including phenoxy) is 3. The summed E-state index contributed by atoms with van der Waals surface area (Å²) in [6, 6.07) is 3.12. The molecule has 3 aromatic rings. The number of anilines is 2. The van der Waals surface area contributed by atoms with E-state index >= 15 is 0 Å². The summed E-state index contributed by atoms with van der Waals surface area (Å²) in [5, 5.41) is 21.1. The Labute approximate surface area is 238 Å². The highest BCUT2D eigenvalue weighted by molar-refractivity contribution is 6.41. The number of nitrogen functional groups attached to an aromatic ring is 1. The number of H-pyrrole nitrogens is 1. The molecule has 2 aromatic heterocycles. The van der Waals surface area contributed by atoms with Gasteiger partial charge in [0.1, 0.15) is 5.15 Å². The number of aromatic amines is 1. The molecule has 212 valence electrons. The van der Waals surface area contributed by atoms with Crippen LogP contribution in [0.1, 0.15) is 27.2 Å². The number of carbonyl (C=O) groups is 2. The molecule has 0 spiro atoms. The van der Waals surface area contributed by atoms with E-state index in [1.54, 1.807) is 6.07 Å². The zero-order valence-electron chi connectivity index (χ0n) is 21.6. The predicted molar refractivity (Wildman–Crippen MR) is 148 cm³/mol. The van der Waals surface area contributed by atoms with Crippen LogP contribution in [0.5, 0.6) is 17.2 Å². The molecule has 0 bridgehead atoms. The van der Waals surface area contributed by atoms with Crippen molar-refractivity contribution in [1.82, 2.24) is 20.3 Å². The number of aliphatic hydroxyl groups excluding tert-OH is 2. The number of hydrogen-bond donors (Lipinski definition) is 5. The Morgan fingerprint density at radius 2 is 1.93 bits per heavy atom. The maximum atomic E-state index is 13.7. The first-order chi connectivity index (χ1) is 19.1. The van der Waals surface area contributed by atoms with Crippen molar-refractivity contribution >= 4 is 58.4 Å². The molecule has 6 N–H and O–H groups in total. The molecule has 15 heteroatoms. The standard InChI is InChI=1S/C25H26Cl2N6O7/c1-38-16-5-12(18(26)20(40-3)19(16)39-2)9-33-22-17(21(27)31-25(28)32-22)15(24(33)37)6-13-4-11(7-29-13)23(36)30-8-14(35)10-34/h4-7,14,29,34-35H,8-10H2,1-3H3,(H,30,36)(H2,28,31,32)/t14-/m0/s1. The molecule has 1 atom stereocenters. The van der Waals surface area contributed by atoms with Crippen LogP contribution in [0.2, 0.25) is 10.2 Å². The van der Waals surface area contributed by atoms with Crippen LogP contribution >= 0.6 is 23.2 Å². The quantitative estimate of drug-likeness (QED) is 0.172. The first-order valence-corrected chi connectivity index (χ1v) is 12.5. The highest BCUT2D eigenvalue weighted by Gasteiger charge is 2.38. The molecule has 0 fully saturated rings. The Morgan fingerprint density at radius 3 is 2.58 bits per heavy atom. The number of aromatic nitrogens is 3. The first kappa shape index (κ1) is 29.0. The molecule has 0 saturated heterocycles. The average Bonchev–Trinajstić information content (AvgIpc) is 3.51. The Bertz CT molecular complexity index is 1490. The van der Waals surface area contributed by atoms with E-state index in [-0.39, 0.29) is 57.5 Å². The topological polar surface area (TPSA) is 185 Å². The molecule has 0 saturated carbocycles. The molecular formula is C25H26Cl2N6O7. The van der Waals surface area contributed by atoms with Gasteiger partial charge >= 0.3 is 0 Å². The van der Waals surface area contributed by atoms with E-state index in [9.17, 15) is 14.7 Å². The predicted octanol–water partition coefficient (Wildman–Crippen LogP) is 1.89. The second-order valence-corrected chi connectivity index (χ2v) is 9.27. The maximum absolute atomic E-state index is 13.7.